The van der Waals surface area contributed by atoms with Crippen molar-refractivity contribution in [2.45, 2.75) is 0 Å². The summed E-state index contributed by atoms with van der Waals surface area (Å²) in [6.07, 6.45) is 0. The van der Waals surface area contributed by atoms with E-state index < -0.39 is 0 Å². The molecule has 3 aromatic carbocycles. The van der Waals surface area contributed by atoms with E-state index in [1.54, 1.807) is 24.3 Å². The first-order chi connectivity index (χ1) is 12.1. The van der Waals surface area contributed by atoms with Gasteiger partial charge in [0.2, 0.25) is 0 Å². The van der Waals surface area contributed by atoms with Crippen LogP contribution in [0.25, 0.3) is 10.8 Å². The molecular weight excluding hydrogens is 448 g/mol. The summed E-state index contributed by atoms with van der Waals surface area (Å²) in [7, 11) is 0. The Hall–Kier alpha value is -2.36. The van der Waals surface area contributed by atoms with E-state index in [-0.39, 0.29) is 12.5 Å². The van der Waals surface area contributed by atoms with Gasteiger partial charge in [0.1, 0.15) is 5.75 Å². The van der Waals surface area contributed by atoms with E-state index in [2.05, 4.69) is 37.2 Å². The Morgan fingerprint density at radius 2 is 1.84 bits per heavy atom. The highest BCUT2D eigenvalue weighted by molar-refractivity contribution is 9.11. The quantitative estimate of drug-likeness (QED) is 0.579. The molecule has 1 N–H and O–H groups in total. The number of nitrogens with one attached hydrogen (secondary N) is 1. The number of rotatable bonds is 4. The fraction of sp³-hybridized carbons (Fsp3) is 0.0526. The second-order valence-electron chi connectivity index (χ2n) is 5.27. The summed E-state index contributed by atoms with van der Waals surface area (Å²) in [4.78, 5) is 12.0. The maximum absolute atomic E-state index is 12.0. The third-order valence-electron chi connectivity index (χ3n) is 3.54. The predicted molar refractivity (Wildman–Crippen MR) is 105 cm³/mol. The number of hydrogen-bond acceptors (Lipinski definition) is 3. The Morgan fingerprint density at radius 3 is 2.56 bits per heavy atom. The van der Waals surface area contributed by atoms with Crippen LogP contribution in [0.3, 0.4) is 0 Å². The van der Waals surface area contributed by atoms with Crippen molar-refractivity contribution >= 4 is 54.2 Å². The van der Waals surface area contributed by atoms with Crippen LogP contribution in [0.2, 0.25) is 0 Å². The number of benzene rings is 3. The third-order valence-corrected chi connectivity index (χ3v) is 4.85. The van der Waals surface area contributed by atoms with Gasteiger partial charge in [-0.25, -0.2) is 0 Å². The molecule has 0 aliphatic rings. The molecule has 0 spiro atoms. The summed E-state index contributed by atoms with van der Waals surface area (Å²) in [6.45, 7) is -0.110. The van der Waals surface area contributed by atoms with Crippen LogP contribution in [0.5, 0.6) is 5.75 Å². The monoisotopic (exact) mass is 458 g/mol. The first-order valence-corrected chi connectivity index (χ1v) is 8.96. The molecule has 4 nitrogen and oxygen atoms in total. The zero-order valence-electron chi connectivity index (χ0n) is 12.9. The van der Waals surface area contributed by atoms with Gasteiger partial charge in [-0.3, -0.25) is 4.79 Å². The number of nitrogens with zero attached hydrogens (tertiary/aromatic N) is 1. The average molecular weight is 460 g/mol. The van der Waals surface area contributed by atoms with Gasteiger partial charge in [-0.1, -0.05) is 28.1 Å². The Bertz CT molecular complexity index is 979. The van der Waals surface area contributed by atoms with Crippen LogP contribution in [-0.4, -0.2) is 12.5 Å². The first-order valence-electron chi connectivity index (χ1n) is 7.37. The van der Waals surface area contributed by atoms with Gasteiger partial charge in [0.05, 0.1) is 16.1 Å². The van der Waals surface area contributed by atoms with Gasteiger partial charge in [0, 0.05) is 10.2 Å². The smallest absolute Gasteiger partial charge is 0.262 e. The molecule has 124 valence electrons. The molecule has 0 unspecified atom stereocenters. The molecule has 0 aromatic heterocycles. The molecule has 0 heterocycles. The normalized spacial score (nSPS) is 10.3. The van der Waals surface area contributed by atoms with E-state index in [4.69, 9.17) is 10.00 Å². The zero-order chi connectivity index (χ0) is 17.8. The molecule has 0 saturated carbocycles. The van der Waals surface area contributed by atoms with Crippen LogP contribution in [0, 0.1) is 11.3 Å². The van der Waals surface area contributed by atoms with Gasteiger partial charge < -0.3 is 10.1 Å². The van der Waals surface area contributed by atoms with Gasteiger partial charge in [-0.15, -0.1) is 0 Å². The van der Waals surface area contributed by atoms with Crippen LogP contribution in [0.15, 0.2) is 63.5 Å². The highest BCUT2D eigenvalue weighted by atomic mass is 79.9. The van der Waals surface area contributed by atoms with Crippen molar-refractivity contribution in [3.63, 3.8) is 0 Å². The summed E-state index contributed by atoms with van der Waals surface area (Å²) in [5.74, 6) is 0.331. The highest BCUT2D eigenvalue weighted by Crippen LogP contribution is 2.34. The van der Waals surface area contributed by atoms with Crippen LogP contribution in [0.4, 0.5) is 5.69 Å². The fourth-order valence-corrected chi connectivity index (χ4v) is 3.31. The molecule has 1 amide bonds. The van der Waals surface area contributed by atoms with Crippen molar-refractivity contribution in [3.05, 3.63) is 69.1 Å². The predicted octanol–water partition coefficient (Wildman–Crippen LogP) is 5.25. The molecule has 0 bridgehead atoms. The number of anilines is 1. The van der Waals surface area contributed by atoms with E-state index in [0.717, 1.165) is 19.7 Å². The van der Waals surface area contributed by atoms with Crippen molar-refractivity contribution in [2.24, 2.45) is 0 Å². The third kappa shape index (κ3) is 4.19. The van der Waals surface area contributed by atoms with Crippen LogP contribution < -0.4 is 10.1 Å². The lowest BCUT2D eigenvalue weighted by Gasteiger charge is -2.11. The molecule has 0 saturated heterocycles. The minimum atomic E-state index is -0.271. The lowest BCUT2D eigenvalue weighted by molar-refractivity contribution is -0.118. The van der Waals surface area contributed by atoms with E-state index in [9.17, 15) is 4.79 Å². The van der Waals surface area contributed by atoms with Gasteiger partial charge in [-0.2, -0.15) is 5.26 Å². The van der Waals surface area contributed by atoms with E-state index in [1.165, 1.54) is 0 Å². The molecule has 0 atom stereocenters. The number of carbonyl (C=O) groups excluding carboxylic acids is 1. The summed E-state index contributed by atoms with van der Waals surface area (Å²) in [5.41, 5.74) is 1.16. The topological polar surface area (TPSA) is 62.1 Å². The second kappa shape index (κ2) is 7.68. The maximum Gasteiger partial charge on any atom is 0.262 e. The van der Waals surface area contributed by atoms with E-state index >= 15 is 0 Å². The molecule has 0 aliphatic heterocycles. The molecule has 0 radical (unpaired) electrons. The summed E-state index contributed by atoms with van der Waals surface area (Å²) >= 11 is 6.99. The van der Waals surface area contributed by atoms with Gasteiger partial charge in [0.25, 0.3) is 5.91 Å². The zero-order valence-corrected chi connectivity index (χ0v) is 16.1. The number of ether oxygens (including phenoxy) is 1. The fourth-order valence-electron chi connectivity index (χ4n) is 2.32. The van der Waals surface area contributed by atoms with E-state index in [1.807, 2.05) is 36.4 Å². The second-order valence-corrected chi connectivity index (χ2v) is 6.98. The summed E-state index contributed by atoms with van der Waals surface area (Å²) < 4.78 is 7.44. The standard InChI is InChI=1S/C19H12Br2N2O2/c20-14-4-7-16-13(9-14)3-8-17(19(16)21)25-11-18(24)23-15-5-1-12(10-22)2-6-15/h1-9H,11H2,(H,23,24). The van der Waals surface area contributed by atoms with Crippen LogP contribution in [-0.2, 0) is 4.79 Å². The van der Waals surface area contributed by atoms with Crippen LogP contribution >= 0.6 is 31.9 Å². The molecular formula is C19H12Br2N2O2. The number of hydrogen-bond donors (Lipinski definition) is 1. The first kappa shape index (κ1) is 17.5. The van der Waals surface area contributed by atoms with Crippen molar-refractivity contribution in [1.82, 2.24) is 0 Å². The number of carbonyl (C=O) groups is 1. The highest BCUT2D eigenvalue weighted by Gasteiger charge is 2.09. The van der Waals surface area contributed by atoms with Gasteiger partial charge in [-0.05, 0) is 69.2 Å². The number of fused-ring (bicyclic) bond motifs is 1. The minimum absolute atomic E-state index is 0.110. The van der Waals surface area contributed by atoms with Crippen molar-refractivity contribution in [1.29, 1.82) is 5.26 Å². The molecule has 0 aliphatic carbocycles. The van der Waals surface area contributed by atoms with Crippen LogP contribution in [0.1, 0.15) is 5.56 Å². The molecule has 0 fully saturated rings. The Labute approximate surface area is 161 Å². The Balaban J connectivity index is 1.67. The maximum atomic E-state index is 12.0. The molecule has 3 aromatic rings. The Morgan fingerprint density at radius 1 is 1.08 bits per heavy atom. The lowest BCUT2D eigenvalue weighted by atomic mass is 10.1. The lowest BCUT2D eigenvalue weighted by Crippen LogP contribution is -2.20. The molecule has 25 heavy (non-hydrogen) atoms. The summed E-state index contributed by atoms with van der Waals surface area (Å²) in [5, 5.41) is 13.6. The molecule has 6 heteroatoms. The number of amides is 1. The van der Waals surface area contributed by atoms with Crippen molar-refractivity contribution in [3.8, 4) is 11.8 Å². The van der Waals surface area contributed by atoms with Gasteiger partial charge in [0.15, 0.2) is 6.61 Å². The minimum Gasteiger partial charge on any atom is -0.483 e. The number of nitriles is 1. The SMILES string of the molecule is N#Cc1ccc(NC(=O)COc2ccc3cc(Br)ccc3c2Br)cc1. The van der Waals surface area contributed by atoms with Gasteiger partial charge >= 0.3 is 0 Å². The number of halogens is 2. The molecule has 3 rings (SSSR count). The van der Waals surface area contributed by atoms with Crippen molar-refractivity contribution < 1.29 is 9.53 Å². The van der Waals surface area contributed by atoms with Crippen molar-refractivity contribution in [2.75, 3.05) is 11.9 Å². The van der Waals surface area contributed by atoms with E-state index in [0.29, 0.717) is 17.0 Å². The largest absolute Gasteiger partial charge is 0.483 e. The Kier molecular flexibility index (Phi) is 5.37. The average Bonchev–Trinajstić information content (AvgIpc) is 2.61. The summed E-state index contributed by atoms with van der Waals surface area (Å²) in [6, 6.07) is 18.4.